The van der Waals surface area contributed by atoms with Crippen molar-refractivity contribution in [2.24, 2.45) is 0 Å². The maximum atomic E-state index is 5.33. The van der Waals surface area contributed by atoms with Gasteiger partial charge in [0.15, 0.2) is 0 Å². The number of halogens is 1. The number of rotatable bonds is 5. The van der Waals surface area contributed by atoms with Crippen molar-refractivity contribution >= 4 is 27.7 Å². The minimum Gasteiger partial charge on any atom is -0.338 e. The number of benzene rings is 2. The van der Waals surface area contributed by atoms with Gasteiger partial charge in [0.05, 0.1) is 11.4 Å². The molecule has 27 heavy (non-hydrogen) atoms. The van der Waals surface area contributed by atoms with E-state index in [0.29, 0.717) is 17.5 Å². The Kier molecular flexibility index (Phi) is 5.31. The summed E-state index contributed by atoms with van der Waals surface area (Å²) in [5.74, 6) is 1.68. The Hall–Kier alpha value is -2.51. The first-order valence-corrected chi connectivity index (χ1v) is 10.1. The third-order valence-corrected chi connectivity index (χ3v) is 5.33. The molecule has 2 aromatic carbocycles. The van der Waals surface area contributed by atoms with Crippen molar-refractivity contribution in [2.75, 3.05) is 0 Å². The minimum atomic E-state index is 0.544. The first-order valence-electron chi connectivity index (χ1n) is 8.29. The van der Waals surface area contributed by atoms with Crippen LogP contribution in [0.5, 0.6) is 0 Å². The SMILES string of the molecule is Cc1ccc(-c2ccc(SCc3nc(-c4ccc(Br)cc4)no3)nn2)cc1. The number of aryl methyl sites for hydroxylation is 1. The fraction of sp³-hybridized carbons (Fsp3) is 0.100. The van der Waals surface area contributed by atoms with Crippen LogP contribution >= 0.6 is 27.7 Å². The van der Waals surface area contributed by atoms with Gasteiger partial charge in [0.2, 0.25) is 11.7 Å². The van der Waals surface area contributed by atoms with Crippen molar-refractivity contribution in [2.45, 2.75) is 17.7 Å². The molecule has 0 atom stereocenters. The molecule has 4 aromatic rings. The second kappa shape index (κ2) is 8.02. The second-order valence-corrected chi connectivity index (χ2v) is 7.84. The average Bonchev–Trinajstić information content (AvgIpc) is 3.17. The van der Waals surface area contributed by atoms with Crippen molar-refractivity contribution in [3.8, 4) is 22.6 Å². The highest BCUT2D eigenvalue weighted by atomic mass is 79.9. The van der Waals surface area contributed by atoms with Gasteiger partial charge in [-0.25, -0.2) is 0 Å². The summed E-state index contributed by atoms with van der Waals surface area (Å²) in [6, 6.07) is 20.0. The summed E-state index contributed by atoms with van der Waals surface area (Å²) in [5.41, 5.74) is 4.05. The highest BCUT2D eigenvalue weighted by Crippen LogP contribution is 2.24. The largest absolute Gasteiger partial charge is 0.338 e. The number of hydrogen-bond acceptors (Lipinski definition) is 6. The zero-order valence-corrected chi connectivity index (χ0v) is 16.9. The zero-order chi connectivity index (χ0) is 18.6. The van der Waals surface area contributed by atoms with Gasteiger partial charge >= 0.3 is 0 Å². The van der Waals surface area contributed by atoms with Gasteiger partial charge in [0.25, 0.3) is 0 Å². The predicted octanol–water partition coefficient (Wildman–Crippen LogP) is 5.56. The highest BCUT2D eigenvalue weighted by Gasteiger charge is 2.10. The van der Waals surface area contributed by atoms with E-state index in [-0.39, 0.29) is 0 Å². The molecule has 7 heteroatoms. The molecule has 0 N–H and O–H groups in total. The van der Waals surface area contributed by atoms with Crippen LogP contribution in [0.1, 0.15) is 11.5 Å². The summed E-state index contributed by atoms with van der Waals surface area (Å²) in [7, 11) is 0. The van der Waals surface area contributed by atoms with E-state index in [1.807, 2.05) is 48.5 Å². The lowest BCUT2D eigenvalue weighted by Gasteiger charge is -2.02. The molecule has 0 saturated carbocycles. The van der Waals surface area contributed by atoms with Crippen LogP contribution in [0.2, 0.25) is 0 Å². The molecule has 0 aliphatic carbocycles. The molecule has 0 unspecified atom stereocenters. The summed E-state index contributed by atoms with van der Waals surface area (Å²) < 4.78 is 6.35. The van der Waals surface area contributed by atoms with Gasteiger partial charge in [-0.1, -0.05) is 62.7 Å². The zero-order valence-electron chi connectivity index (χ0n) is 14.5. The van der Waals surface area contributed by atoms with E-state index in [2.05, 4.69) is 55.3 Å². The van der Waals surface area contributed by atoms with Crippen molar-refractivity contribution in [1.82, 2.24) is 20.3 Å². The van der Waals surface area contributed by atoms with Crippen LogP contribution in [0.4, 0.5) is 0 Å². The maximum Gasteiger partial charge on any atom is 0.237 e. The van der Waals surface area contributed by atoms with Crippen LogP contribution in [0.25, 0.3) is 22.6 Å². The smallest absolute Gasteiger partial charge is 0.237 e. The Morgan fingerprint density at radius 3 is 2.33 bits per heavy atom. The van der Waals surface area contributed by atoms with E-state index in [1.165, 1.54) is 17.3 Å². The van der Waals surface area contributed by atoms with Gasteiger partial charge in [0, 0.05) is 15.6 Å². The molecular weight excluding hydrogens is 424 g/mol. The van der Waals surface area contributed by atoms with Crippen molar-refractivity contribution in [1.29, 1.82) is 0 Å². The van der Waals surface area contributed by atoms with Gasteiger partial charge in [-0.05, 0) is 43.3 Å². The molecule has 5 nitrogen and oxygen atoms in total. The van der Waals surface area contributed by atoms with E-state index in [1.54, 1.807) is 0 Å². The number of aromatic nitrogens is 4. The third-order valence-electron chi connectivity index (χ3n) is 3.90. The molecule has 0 radical (unpaired) electrons. The summed E-state index contributed by atoms with van der Waals surface area (Å²) in [6.07, 6.45) is 0. The van der Waals surface area contributed by atoms with Gasteiger partial charge in [-0.15, -0.1) is 10.2 Å². The molecule has 0 aliphatic rings. The van der Waals surface area contributed by atoms with Gasteiger partial charge in [-0.2, -0.15) is 4.98 Å². The lowest BCUT2D eigenvalue weighted by molar-refractivity contribution is 0.391. The van der Waals surface area contributed by atoms with Crippen LogP contribution in [-0.2, 0) is 5.75 Å². The van der Waals surface area contributed by atoms with E-state index in [4.69, 9.17) is 4.52 Å². The topological polar surface area (TPSA) is 64.7 Å². The van der Waals surface area contributed by atoms with Crippen LogP contribution < -0.4 is 0 Å². The third kappa shape index (κ3) is 4.43. The summed E-state index contributed by atoms with van der Waals surface area (Å²) in [6.45, 7) is 2.06. The Morgan fingerprint density at radius 2 is 1.63 bits per heavy atom. The van der Waals surface area contributed by atoms with Crippen molar-refractivity contribution in [3.05, 3.63) is 76.6 Å². The lowest BCUT2D eigenvalue weighted by Crippen LogP contribution is -1.90. The summed E-state index contributed by atoms with van der Waals surface area (Å²) >= 11 is 4.93. The van der Waals surface area contributed by atoms with Crippen LogP contribution in [0.3, 0.4) is 0 Å². The Labute approximate surface area is 169 Å². The van der Waals surface area contributed by atoms with Gasteiger partial charge in [0.1, 0.15) is 5.03 Å². The van der Waals surface area contributed by atoms with Crippen molar-refractivity contribution in [3.63, 3.8) is 0 Å². The second-order valence-electron chi connectivity index (χ2n) is 5.93. The van der Waals surface area contributed by atoms with Crippen LogP contribution in [-0.4, -0.2) is 20.3 Å². The molecule has 4 rings (SSSR count). The molecule has 0 saturated heterocycles. The summed E-state index contributed by atoms with van der Waals surface area (Å²) in [4.78, 5) is 4.44. The molecule has 0 fully saturated rings. The molecule has 0 bridgehead atoms. The first kappa shape index (κ1) is 17.9. The lowest BCUT2D eigenvalue weighted by atomic mass is 10.1. The first-order chi connectivity index (χ1) is 13.2. The molecule has 2 aromatic heterocycles. The fourth-order valence-electron chi connectivity index (χ4n) is 2.44. The van der Waals surface area contributed by atoms with E-state index in [9.17, 15) is 0 Å². The normalized spacial score (nSPS) is 10.9. The molecule has 2 heterocycles. The molecular formula is C20H15BrN4OS. The molecule has 0 spiro atoms. The molecule has 0 amide bonds. The number of hydrogen-bond donors (Lipinski definition) is 0. The molecule has 134 valence electrons. The fourth-order valence-corrected chi connectivity index (χ4v) is 3.36. The van der Waals surface area contributed by atoms with Gasteiger partial charge in [-0.3, -0.25) is 0 Å². The highest BCUT2D eigenvalue weighted by molar-refractivity contribution is 9.10. The van der Waals surface area contributed by atoms with Gasteiger partial charge < -0.3 is 4.52 Å². The number of nitrogens with zero attached hydrogens (tertiary/aromatic N) is 4. The quantitative estimate of drug-likeness (QED) is 0.380. The standard InChI is InChI=1S/C20H15BrN4OS/c1-13-2-4-14(5-3-13)17-10-11-19(24-23-17)27-12-18-22-20(25-26-18)15-6-8-16(21)9-7-15/h2-11H,12H2,1H3. The summed E-state index contributed by atoms with van der Waals surface area (Å²) in [5, 5.41) is 13.4. The van der Waals surface area contributed by atoms with Crippen molar-refractivity contribution < 1.29 is 4.52 Å². The predicted molar refractivity (Wildman–Crippen MR) is 109 cm³/mol. The Bertz CT molecular complexity index is 1030. The van der Waals surface area contributed by atoms with E-state index >= 15 is 0 Å². The Morgan fingerprint density at radius 1 is 0.889 bits per heavy atom. The monoisotopic (exact) mass is 438 g/mol. The number of thioether (sulfide) groups is 1. The van der Waals surface area contributed by atoms with E-state index < -0.39 is 0 Å². The van der Waals surface area contributed by atoms with Crippen LogP contribution in [0, 0.1) is 6.92 Å². The van der Waals surface area contributed by atoms with Crippen LogP contribution in [0.15, 0.2) is 74.7 Å². The maximum absolute atomic E-state index is 5.33. The Balaban J connectivity index is 1.40. The molecule has 0 aliphatic heterocycles. The van der Waals surface area contributed by atoms with E-state index in [0.717, 1.165) is 26.3 Å². The average molecular weight is 439 g/mol. The minimum absolute atomic E-state index is 0.544.